The zero-order valence-corrected chi connectivity index (χ0v) is 12.2. The van der Waals surface area contributed by atoms with Crippen LogP contribution in [0.2, 0.25) is 0 Å². The zero-order valence-electron chi connectivity index (χ0n) is 12.2. The molecule has 0 saturated heterocycles. The fourth-order valence-electron chi connectivity index (χ4n) is 1.94. The van der Waals surface area contributed by atoms with Gasteiger partial charge < -0.3 is 19.7 Å². The molecule has 0 aliphatic heterocycles. The van der Waals surface area contributed by atoms with Gasteiger partial charge in [-0.3, -0.25) is 4.79 Å². The number of carbonyl (C=O) groups excluding carboxylic acids is 1. The van der Waals surface area contributed by atoms with Crippen LogP contribution < -0.4 is 10.9 Å². The molecule has 0 radical (unpaired) electrons. The number of anilines is 1. The van der Waals surface area contributed by atoms with Gasteiger partial charge in [0.15, 0.2) is 0 Å². The highest BCUT2D eigenvalue weighted by atomic mass is 16.4. The Morgan fingerprint density at radius 2 is 2.05 bits per heavy atom. The van der Waals surface area contributed by atoms with Crippen molar-refractivity contribution in [3.8, 4) is 0 Å². The predicted molar refractivity (Wildman–Crippen MR) is 80.9 cm³/mol. The third-order valence-electron chi connectivity index (χ3n) is 3.19. The first-order valence-electron chi connectivity index (χ1n) is 6.65. The zero-order chi connectivity index (χ0) is 16.3. The number of hydrogen-bond acceptors (Lipinski definition) is 4. The van der Waals surface area contributed by atoms with Crippen molar-refractivity contribution in [3.05, 3.63) is 40.8 Å². The maximum absolute atomic E-state index is 12.0. The molecule has 0 spiro atoms. The average molecular weight is 304 g/mol. The van der Waals surface area contributed by atoms with Gasteiger partial charge in [0.25, 0.3) is 0 Å². The van der Waals surface area contributed by atoms with Gasteiger partial charge in [-0.05, 0) is 24.3 Å². The second-order valence-electron chi connectivity index (χ2n) is 5.06. The molecule has 1 aromatic carbocycles. The van der Waals surface area contributed by atoms with E-state index in [0.717, 1.165) is 0 Å². The van der Waals surface area contributed by atoms with Crippen LogP contribution in [0.25, 0.3) is 11.0 Å². The highest BCUT2D eigenvalue weighted by Crippen LogP contribution is 2.18. The summed E-state index contributed by atoms with van der Waals surface area (Å²) in [5.41, 5.74) is 0.520. The van der Waals surface area contributed by atoms with Crippen LogP contribution in [0.5, 0.6) is 0 Å². The van der Waals surface area contributed by atoms with E-state index in [0.29, 0.717) is 16.7 Å². The average Bonchev–Trinajstić information content (AvgIpc) is 2.47. The summed E-state index contributed by atoms with van der Waals surface area (Å²) in [5.74, 6) is -1.61. The third-order valence-corrected chi connectivity index (χ3v) is 3.19. The van der Waals surface area contributed by atoms with Crippen molar-refractivity contribution in [1.82, 2.24) is 4.90 Å². The number of nitrogens with zero attached hydrogens (tertiary/aromatic N) is 1. The van der Waals surface area contributed by atoms with E-state index < -0.39 is 23.5 Å². The molecule has 1 aromatic heterocycles. The van der Waals surface area contributed by atoms with E-state index >= 15 is 0 Å². The van der Waals surface area contributed by atoms with Crippen LogP contribution in [-0.4, -0.2) is 35.6 Å². The first-order valence-corrected chi connectivity index (χ1v) is 6.65. The van der Waals surface area contributed by atoms with Gasteiger partial charge in [-0.2, -0.15) is 0 Å². The molecule has 1 heterocycles. The van der Waals surface area contributed by atoms with Gasteiger partial charge in [-0.1, -0.05) is 6.92 Å². The Morgan fingerprint density at radius 1 is 1.32 bits per heavy atom. The fourth-order valence-corrected chi connectivity index (χ4v) is 1.94. The molecule has 1 atom stereocenters. The Hall–Kier alpha value is -2.83. The van der Waals surface area contributed by atoms with Crippen molar-refractivity contribution >= 4 is 28.7 Å². The topological polar surface area (TPSA) is 99.9 Å². The Bertz CT molecular complexity index is 768. The number of amides is 2. The molecule has 2 amide bonds. The number of hydrogen-bond donors (Lipinski definition) is 2. The van der Waals surface area contributed by atoms with Crippen LogP contribution in [0.4, 0.5) is 10.5 Å². The summed E-state index contributed by atoms with van der Waals surface area (Å²) in [7, 11) is 1.52. The Morgan fingerprint density at radius 3 is 2.73 bits per heavy atom. The van der Waals surface area contributed by atoms with Crippen LogP contribution >= 0.6 is 0 Å². The number of carboxylic acid groups (broad SMARTS) is 1. The van der Waals surface area contributed by atoms with Crippen molar-refractivity contribution in [3.63, 3.8) is 0 Å². The van der Waals surface area contributed by atoms with E-state index in [4.69, 9.17) is 9.52 Å². The maximum atomic E-state index is 12.0. The van der Waals surface area contributed by atoms with Crippen LogP contribution in [0.3, 0.4) is 0 Å². The number of carbonyl (C=O) groups is 2. The number of rotatable bonds is 4. The first-order chi connectivity index (χ1) is 10.4. The Kier molecular flexibility index (Phi) is 4.45. The molecule has 0 bridgehead atoms. The molecule has 7 nitrogen and oxygen atoms in total. The second-order valence-corrected chi connectivity index (χ2v) is 5.06. The van der Waals surface area contributed by atoms with Crippen molar-refractivity contribution in [2.75, 3.05) is 18.9 Å². The molecule has 0 fully saturated rings. The van der Waals surface area contributed by atoms with Gasteiger partial charge in [0.2, 0.25) is 0 Å². The summed E-state index contributed by atoms with van der Waals surface area (Å²) < 4.78 is 5.00. The number of fused-ring (bicyclic) bond motifs is 1. The molecular weight excluding hydrogens is 288 g/mol. The minimum Gasteiger partial charge on any atom is -0.481 e. The molecule has 22 heavy (non-hydrogen) atoms. The number of benzene rings is 1. The van der Waals surface area contributed by atoms with Gasteiger partial charge in [-0.15, -0.1) is 0 Å². The quantitative estimate of drug-likeness (QED) is 0.841. The summed E-state index contributed by atoms with van der Waals surface area (Å²) in [6.07, 6.45) is 0. The number of aliphatic carboxylic acids is 1. The molecule has 2 N–H and O–H groups in total. The standard InChI is InChI=1S/C15H16N2O5/c1-9(14(19)20)8-17(2)15(21)16-11-4-5-12-10(7-11)3-6-13(18)22-12/h3-7,9H,8H2,1-2H3,(H,16,21)(H,19,20). The molecule has 1 unspecified atom stereocenters. The van der Waals surface area contributed by atoms with Gasteiger partial charge in [-0.25, -0.2) is 9.59 Å². The van der Waals surface area contributed by atoms with E-state index in [1.165, 1.54) is 24.9 Å². The maximum Gasteiger partial charge on any atom is 0.336 e. The summed E-state index contributed by atoms with van der Waals surface area (Å²) >= 11 is 0. The Labute approximate surface area is 126 Å². The molecule has 2 aromatic rings. The minimum absolute atomic E-state index is 0.101. The lowest BCUT2D eigenvalue weighted by Crippen LogP contribution is -2.36. The van der Waals surface area contributed by atoms with Crippen molar-refractivity contribution in [2.24, 2.45) is 5.92 Å². The van der Waals surface area contributed by atoms with Crippen LogP contribution in [0.15, 0.2) is 39.5 Å². The summed E-state index contributed by atoms with van der Waals surface area (Å²) in [5, 5.41) is 12.2. The minimum atomic E-state index is -0.958. The summed E-state index contributed by atoms with van der Waals surface area (Å²) in [4.78, 5) is 35.2. The molecule has 2 rings (SSSR count). The van der Waals surface area contributed by atoms with Gasteiger partial charge in [0.1, 0.15) is 5.58 Å². The molecule has 0 saturated carbocycles. The van der Waals surface area contributed by atoms with E-state index in [-0.39, 0.29) is 6.54 Å². The molecular formula is C15H16N2O5. The molecule has 0 aliphatic rings. The monoisotopic (exact) mass is 304 g/mol. The van der Waals surface area contributed by atoms with Crippen molar-refractivity contribution < 1.29 is 19.1 Å². The van der Waals surface area contributed by atoms with Gasteiger partial charge in [0, 0.05) is 30.7 Å². The predicted octanol–water partition coefficient (Wildman–Crippen LogP) is 1.98. The smallest absolute Gasteiger partial charge is 0.336 e. The molecule has 116 valence electrons. The highest BCUT2D eigenvalue weighted by Gasteiger charge is 2.17. The van der Waals surface area contributed by atoms with Crippen LogP contribution in [-0.2, 0) is 4.79 Å². The lowest BCUT2D eigenvalue weighted by molar-refractivity contribution is -0.141. The Balaban J connectivity index is 2.09. The lowest BCUT2D eigenvalue weighted by Gasteiger charge is -2.20. The number of nitrogens with one attached hydrogen (secondary N) is 1. The largest absolute Gasteiger partial charge is 0.481 e. The van der Waals surface area contributed by atoms with E-state index in [1.54, 1.807) is 24.3 Å². The van der Waals surface area contributed by atoms with Crippen LogP contribution in [0, 0.1) is 5.92 Å². The van der Waals surface area contributed by atoms with Crippen LogP contribution in [0.1, 0.15) is 6.92 Å². The summed E-state index contributed by atoms with van der Waals surface area (Å²) in [6, 6.07) is 7.36. The second kappa shape index (κ2) is 6.30. The normalized spacial score (nSPS) is 11.9. The third kappa shape index (κ3) is 3.63. The van der Waals surface area contributed by atoms with E-state index in [2.05, 4.69) is 5.32 Å². The molecule has 0 aliphatic carbocycles. The number of urea groups is 1. The van der Waals surface area contributed by atoms with Gasteiger partial charge >= 0.3 is 17.6 Å². The molecule has 7 heteroatoms. The van der Waals surface area contributed by atoms with Crippen molar-refractivity contribution in [2.45, 2.75) is 6.92 Å². The fraction of sp³-hybridized carbons (Fsp3) is 0.267. The first kappa shape index (κ1) is 15.6. The highest BCUT2D eigenvalue weighted by molar-refractivity contribution is 5.92. The van der Waals surface area contributed by atoms with E-state index in [9.17, 15) is 14.4 Å². The lowest BCUT2D eigenvalue weighted by atomic mass is 10.2. The van der Waals surface area contributed by atoms with Crippen molar-refractivity contribution in [1.29, 1.82) is 0 Å². The SMILES string of the molecule is CC(CN(C)C(=O)Nc1ccc2oc(=O)ccc2c1)C(=O)O. The number of carboxylic acids is 1. The van der Waals surface area contributed by atoms with Gasteiger partial charge in [0.05, 0.1) is 5.92 Å². The van der Waals surface area contributed by atoms with E-state index in [1.807, 2.05) is 0 Å². The summed E-state index contributed by atoms with van der Waals surface area (Å²) in [6.45, 7) is 1.63.